The van der Waals surface area contributed by atoms with Crippen LogP contribution in [0.3, 0.4) is 0 Å². The summed E-state index contributed by atoms with van der Waals surface area (Å²) in [5, 5.41) is 26.5. The predicted molar refractivity (Wildman–Crippen MR) is 144 cm³/mol. The van der Waals surface area contributed by atoms with Crippen molar-refractivity contribution in [1.82, 2.24) is 9.88 Å². The van der Waals surface area contributed by atoms with Crippen molar-refractivity contribution < 1.29 is 55.6 Å². The Bertz CT molecular complexity index is 1260. The van der Waals surface area contributed by atoms with Gasteiger partial charge in [-0.25, -0.2) is 14.6 Å². The highest BCUT2D eigenvalue weighted by molar-refractivity contribution is 5.73. The number of benzene rings is 1. The Hall–Kier alpha value is -3.94. The molecule has 4 rings (SSSR count). The van der Waals surface area contributed by atoms with Crippen molar-refractivity contribution >= 4 is 17.8 Å². The highest BCUT2D eigenvalue weighted by Crippen LogP contribution is 2.33. The Labute approximate surface area is 249 Å². The van der Waals surface area contributed by atoms with Crippen LogP contribution in [0.4, 0.5) is 32.2 Å². The summed E-state index contributed by atoms with van der Waals surface area (Å²) in [6.45, 7) is 9.17. The summed E-state index contributed by atoms with van der Waals surface area (Å²) in [5.41, 5.74) is 4.31. The van der Waals surface area contributed by atoms with Gasteiger partial charge in [-0.2, -0.15) is 31.6 Å². The lowest BCUT2D eigenvalue weighted by atomic mass is 9.99. The van der Waals surface area contributed by atoms with Gasteiger partial charge in [-0.1, -0.05) is 29.3 Å². The standard InChI is InChI=1S/C24H30N4O2.2C2HF3O2/c1-18-9-19(2)11-21(10-18)15-28-7-8-29-17-24(16-28)6-5-22(30-24)14-27-23-4-3-20(12-25)13-26-23;2*3-2(4,5)1(6)7/h3-4,9-11,13,22H,5-8,14-17H2,1-2H3,(H,26,27);2*(H,6,7). The molecule has 0 radical (unpaired) electrons. The SMILES string of the molecule is Cc1cc(C)cc(CN2CCOCC3(CCC(CNc4ccc(C#N)cn4)O3)C2)c1.O=C(O)C(F)(F)F.O=C(O)C(F)(F)F. The van der Waals surface area contributed by atoms with Gasteiger partial charge >= 0.3 is 24.3 Å². The minimum absolute atomic E-state index is 0.132. The zero-order valence-corrected chi connectivity index (χ0v) is 23.8. The van der Waals surface area contributed by atoms with Crippen LogP contribution in [0.5, 0.6) is 0 Å². The van der Waals surface area contributed by atoms with Gasteiger partial charge in [-0.3, -0.25) is 4.90 Å². The molecule has 2 unspecified atom stereocenters. The molecular formula is C28H32F6N4O6. The van der Waals surface area contributed by atoms with Crippen molar-refractivity contribution in [3.63, 3.8) is 0 Å². The van der Waals surface area contributed by atoms with Crippen molar-refractivity contribution in [3.8, 4) is 6.07 Å². The number of nitriles is 1. The Morgan fingerprint density at radius 1 is 1.09 bits per heavy atom. The van der Waals surface area contributed by atoms with E-state index in [1.54, 1.807) is 12.3 Å². The van der Waals surface area contributed by atoms with Crippen molar-refractivity contribution in [3.05, 3.63) is 58.8 Å². The number of anilines is 1. The average molecular weight is 635 g/mol. The van der Waals surface area contributed by atoms with E-state index in [0.717, 1.165) is 44.9 Å². The number of carboxylic acids is 2. The molecule has 1 spiro atoms. The molecule has 3 heterocycles. The quantitative estimate of drug-likeness (QED) is 0.396. The number of aryl methyl sites for hydroxylation is 2. The van der Waals surface area contributed by atoms with Gasteiger partial charge in [0.25, 0.3) is 0 Å². The first-order chi connectivity index (χ1) is 20.4. The number of hydrogen-bond acceptors (Lipinski definition) is 8. The zero-order valence-electron chi connectivity index (χ0n) is 23.8. The first kappa shape index (κ1) is 36.3. The van der Waals surface area contributed by atoms with Crippen LogP contribution < -0.4 is 5.32 Å². The molecule has 0 amide bonds. The first-order valence-electron chi connectivity index (χ1n) is 13.2. The lowest BCUT2D eigenvalue weighted by Crippen LogP contribution is -2.44. The fourth-order valence-corrected chi connectivity index (χ4v) is 4.58. The summed E-state index contributed by atoms with van der Waals surface area (Å²) < 4.78 is 76.0. The van der Waals surface area contributed by atoms with E-state index in [2.05, 4.69) is 53.3 Å². The van der Waals surface area contributed by atoms with Crippen LogP contribution in [0, 0.1) is 25.2 Å². The number of pyridine rings is 1. The third kappa shape index (κ3) is 12.3. The molecule has 0 bridgehead atoms. The Morgan fingerprint density at radius 3 is 2.18 bits per heavy atom. The van der Waals surface area contributed by atoms with Gasteiger partial charge < -0.3 is 25.0 Å². The molecule has 1 aromatic heterocycles. The largest absolute Gasteiger partial charge is 0.490 e. The molecule has 2 aromatic rings. The lowest BCUT2D eigenvalue weighted by Gasteiger charge is -2.32. The number of nitrogens with one attached hydrogen (secondary N) is 1. The zero-order chi connectivity index (χ0) is 33.1. The van der Waals surface area contributed by atoms with Crippen LogP contribution in [0.2, 0.25) is 0 Å². The summed E-state index contributed by atoms with van der Waals surface area (Å²) in [6, 6.07) is 12.5. The molecule has 44 heavy (non-hydrogen) atoms. The molecule has 2 aliphatic heterocycles. The van der Waals surface area contributed by atoms with Crippen LogP contribution in [-0.4, -0.2) is 88.9 Å². The molecule has 0 aliphatic carbocycles. The van der Waals surface area contributed by atoms with E-state index in [1.165, 1.54) is 16.7 Å². The number of hydrogen-bond donors (Lipinski definition) is 3. The minimum Gasteiger partial charge on any atom is -0.475 e. The van der Waals surface area contributed by atoms with E-state index in [9.17, 15) is 26.3 Å². The van der Waals surface area contributed by atoms with Gasteiger partial charge in [-0.15, -0.1) is 0 Å². The Balaban J connectivity index is 0.000000402. The monoisotopic (exact) mass is 634 g/mol. The number of aromatic nitrogens is 1. The molecule has 3 N–H and O–H groups in total. The summed E-state index contributed by atoms with van der Waals surface area (Å²) in [4.78, 5) is 24.5. The van der Waals surface area contributed by atoms with Crippen molar-refractivity contribution in [1.29, 1.82) is 5.26 Å². The average Bonchev–Trinajstić information content (AvgIpc) is 3.20. The van der Waals surface area contributed by atoms with Crippen LogP contribution in [0.25, 0.3) is 0 Å². The third-order valence-electron chi connectivity index (χ3n) is 6.34. The topological polar surface area (TPSA) is 145 Å². The number of nitrogens with zero attached hydrogens (tertiary/aromatic N) is 3. The predicted octanol–water partition coefficient (Wildman–Crippen LogP) is 4.70. The number of carbonyl (C=O) groups is 2. The maximum absolute atomic E-state index is 10.6. The highest BCUT2D eigenvalue weighted by Gasteiger charge is 2.43. The van der Waals surface area contributed by atoms with Crippen molar-refractivity contribution in [2.24, 2.45) is 0 Å². The number of carboxylic acid groups (broad SMARTS) is 2. The molecule has 16 heteroatoms. The van der Waals surface area contributed by atoms with Crippen LogP contribution in [0.15, 0.2) is 36.5 Å². The maximum Gasteiger partial charge on any atom is 0.490 e. The van der Waals surface area contributed by atoms with Gasteiger partial charge in [0.05, 0.1) is 24.9 Å². The summed E-state index contributed by atoms with van der Waals surface area (Å²) in [7, 11) is 0. The number of ether oxygens (including phenoxy) is 2. The van der Waals surface area contributed by atoms with Crippen molar-refractivity contribution in [2.45, 2.75) is 57.3 Å². The molecule has 0 saturated carbocycles. The lowest BCUT2D eigenvalue weighted by molar-refractivity contribution is -0.193. The molecular weight excluding hydrogens is 602 g/mol. The molecule has 2 aliphatic rings. The van der Waals surface area contributed by atoms with E-state index in [4.69, 9.17) is 34.5 Å². The molecule has 2 fully saturated rings. The number of halogens is 6. The van der Waals surface area contributed by atoms with Gasteiger partial charge in [0.2, 0.25) is 0 Å². The highest BCUT2D eigenvalue weighted by atomic mass is 19.4. The number of alkyl halides is 6. The minimum atomic E-state index is -5.08. The van der Waals surface area contributed by atoms with E-state index in [-0.39, 0.29) is 11.7 Å². The molecule has 2 saturated heterocycles. The van der Waals surface area contributed by atoms with Crippen LogP contribution >= 0.6 is 0 Å². The van der Waals surface area contributed by atoms with Crippen molar-refractivity contribution in [2.75, 3.05) is 38.2 Å². The Kier molecular flexibility index (Phi) is 12.9. The van der Waals surface area contributed by atoms with Gasteiger partial charge in [-0.05, 0) is 44.4 Å². The van der Waals surface area contributed by atoms with E-state index in [1.807, 2.05) is 6.07 Å². The van der Waals surface area contributed by atoms with E-state index in [0.29, 0.717) is 18.7 Å². The second-order valence-corrected chi connectivity index (χ2v) is 10.3. The molecule has 10 nitrogen and oxygen atoms in total. The summed E-state index contributed by atoms with van der Waals surface area (Å²) in [5.74, 6) is -4.74. The normalized spacial score (nSPS) is 20.3. The molecule has 2 atom stereocenters. The van der Waals surface area contributed by atoms with Gasteiger partial charge in [0.1, 0.15) is 17.5 Å². The van der Waals surface area contributed by atoms with Gasteiger partial charge in [0, 0.05) is 32.4 Å². The second kappa shape index (κ2) is 15.7. The fourth-order valence-electron chi connectivity index (χ4n) is 4.58. The molecule has 242 valence electrons. The smallest absolute Gasteiger partial charge is 0.475 e. The Morgan fingerprint density at radius 2 is 1.68 bits per heavy atom. The molecule has 1 aromatic carbocycles. The fraction of sp³-hybridized carbons (Fsp3) is 0.500. The van der Waals surface area contributed by atoms with E-state index >= 15 is 0 Å². The van der Waals surface area contributed by atoms with Gasteiger partial charge in [0.15, 0.2) is 0 Å². The first-order valence-corrected chi connectivity index (χ1v) is 13.2. The third-order valence-corrected chi connectivity index (χ3v) is 6.34. The second-order valence-electron chi connectivity index (χ2n) is 10.3. The van der Waals surface area contributed by atoms with E-state index < -0.39 is 24.3 Å². The number of rotatable bonds is 5. The maximum atomic E-state index is 10.6. The van der Waals surface area contributed by atoms with Crippen LogP contribution in [0.1, 0.15) is 35.1 Å². The summed E-state index contributed by atoms with van der Waals surface area (Å²) in [6.07, 6.45) is -6.44. The summed E-state index contributed by atoms with van der Waals surface area (Å²) >= 11 is 0. The number of aliphatic carboxylic acids is 2. The van der Waals surface area contributed by atoms with Crippen LogP contribution in [-0.2, 0) is 25.6 Å².